The second kappa shape index (κ2) is 8.46. The zero-order valence-electron chi connectivity index (χ0n) is 14.2. The van der Waals surface area contributed by atoms with E-state index in [1.807, 2.05) is 30.3 Å². The minimum Gasteiger partial charge on any atom is -0.383 e. The minimum atomic E-state index is -3.43. The summed E-state index contributed by atoms with van der Waals surface area (Å²) in [5.74, 6) is -0.163. The molecule has 0 radical (unpaired) electrons. The highest BCUT2D eigenvalue weighted by Crippen LogP contribution is 2.15. The number of para-hydroxylation sites is 1. The van der Waals surface area contributed by atoms with Gasteiger partial charge < -0.3 is 14.5 Å². The molecule has 1 aliphatic rings. The van der Waals surface area contributed by atoms with Crippen LogP contribution in [0, 0.1) is 0 Å². The van der Waals surface area contributed by atoms with Gasteiger partial charge >= 0.3 is 0 Å². The highest BCUT2D eigenvalue weighted by atomic mass is 32.2. The SMILES string of the molecule is COCCN(CC(=O)N1CCN(c2ccccc2)CC1)S(C)(=O)=O. The lowest BCUT2D eigenvalue weighted by atomic mass is 10.2. The van der Waals surface area contributed by atoms with E-state index in [0.29, 0.717) is 13.1 Å². The second-order valence-corrected chi connectivity index (χ2v) is 7.78. The molecule has 0 aromatic heterocycles. The molecule has 24 heavy (non-hydrogen) atoms. The topological polar surface area (TPSA) is 70.2 Å². The molecule has 1 fully saturated rings. The Labute approximate surface area is 143 Å². The fourth-order valence-electron chi connectivity index (χ4n) is 2.66. The van der Waals surface area contributed by atoms with Crippen LogP contribution >= 0.6 is 0 Å². The zero-order valence-corrected chi connectivity index (χ0v) is 15.0. The molecule has 7 nitrogen and oxygen atoms in total. The van der Waals surface area contributed by atoms with Crippen LogP contribution in [0.2, 0.25) is 0 Å². The quantitative estimate of drug-likeness (QED) is 0.701. The van der Waals surface area contributed by atoms with Gasteiger partial charge in [0.1, 0.15) is 0 Å². The van der Waals surface area contributed by atoms with Crippen LogP contribution in [0.1, 0.15) is 0 Å². The first-order valence-corrected chi connectivity index (χ1v) is 9.78. The maximum Gasteiger partial charge on any atom is 0.238 e. The molecule has 0 aliphatic carbocycles. The van der Waals surface area contributed by atoms with Gasteiger partial charge in [0.05, 0.1) is 19.4 Å². The molecule has 1 aliphatic heterocycles. The van der Waals surface area contributed by atoms with Gasteiger partial charge in [-0.3, -0.25) is 4.79 Å². The van der Waals surface area contributed by atoms with Crippen molar-refractivity contribution in [2.45, 2.75) is 0 Å². The standard InChI is InChI=1S/C16H25N3O4S/c1-23-13-12-19(24(2,21)22)14-16(20)18-10-8-17(9-11-18)15-6-4-3-5-7-15/h3-7H,8-14H2,1-2H3. The van der Waals surface area contributed by atoms with Crippen molar-refractivity contribution >= 4 is 21.6 Å². The number of methoxy groups -OCH3 is 1. The van der Waals surface area contributed by atoms with E-state index in [1.54, 1.807) is 4.90 Å². The van der Waals surface area contributed by atoms with Crippen molar-refractivity contribution in [2.24, 2.45) is 0 Å². The number of amides is 1. The molecule has 0 N–H and O–H groups in total. The van der Waals surface area contributed by atoms with Crippen LogP contribution in [0.25, 0.3) is 0 Å². The van der Waals surface area contributed by atoms with Gasteiger partial charge in [-0.1, -0.05) is 18.2 Å². The van der Waals surface area contributed by atoms with Crippen LogP contribution in [0.15, 0.2) is 30.3 Å². The number of carbonyl (C=O) groups excluding carboxylic acids is 1. The van der Waals surface area contributed by atoms with Crippen LogP contribution < -0.4 is 4.90 Å². The van der Waals surface area contributed by atoms with Gasteiger partial charge in [0.15, 0.2) is 0 Å². The first-order valence-electron chi connectivity index (χ1n) is 7.93. The van der Waals surface area contributed by atoms with E-state index in [2.05, 4.69) is 4.90 Å². The Morgan fingerprint density at radius 3 is 2.33 bits per heavy atom. The van der Waals surface area contributed by atoms with E-state index in [9.17, 15) is 13.2 Å². The van der Waals surface area contributed by atoms with Gasteiger partial charge in [0, 0.05) is 45.5 Å². The van der Waals surface area contributed by atoms with Crippen molar-refractivity contribution in [1.29, 1.82) is 0 Å². The summed E-state index contributed by atoms with van der Waals surface area (Å²) in [5.41, 5.74) is 1.14. The minimum absolute atomic E-state index is 0.131. The molecule has 2 rings (SSSR count). The van der Waals surface area contributed by atoms with Gasteiger partial charge in [-0.15, -0.1) is 0 Å². The summed E-state index contributed by atoms with van der Waals surface area (Å²) in [7, 11) is -1.92. The number of piperazine rings is 1. The van der Waals surface area contributed by atoms with Gasteiger partial charge in [-0.25, -0.2) is 8.42 Å². The predicted octanol–water partition coefficient (Wildman–Crippen LogP) is 0.243. The van der Waals surface area contributed by atoms with Crippen molar-refractivity contribution in [2.75, 3.05) is 64.1 Å². The van der Waals surface area contributed by atoms with Gasteiger partial charge in [0.2, 0.25) is 15.9 Å². The summed E-state index contributed by atoms with van der Waals surface area (Å²) in [4.78, 5) is 16.4. The summed E-state index contributed by atoms with van der Waals surface area (Å²) in [6, 6.07) is 10.1. The third-order valence-electron chi connectivity index (χ3n) is 4.08. The number of nitrogens with zero attached hydrogens (tertiary/aromatic N) is 3. The Kier molecular flexibility index (Phi) is 6.59. The summed E-state index contributed by atoms with van der Waals surface area (Å²) in [6.07, 6.45) is 1.11. The maximum absolute atomic E-state index is 12.4. The largest absolute Gasteiger partial charge is 0.383 e. The highest BCUT2D eigenvalue weighted by Gasteiger charge is 2.26. The first-order chi connectivity index (χ1) is 11.4. The maximum atomic E-state index is 12.4. The number of ether oxygens (including phenoxy) is 1. The number of rotatable bonds is 7. The summed E-state index contributed by atoms with van der Waals surface area (Å²) < 4.78 is 29.7. The average molecular weight is 355 g/mol. The molecule has 0 bridgehead atoms. The van der Waals surface area contributed by atoms with Gasteiger partial charge in [-0.2, -0.15) is 4.31 Å². The number of benzene rings is 1. The molecule has 1 saturated heterocycles. The van der Waals surface area contributed by atoms with Crippen molar-refractivity contribution in [1.82, 2.24) is 9.21 Å². The fraction of sp³-hybridized carbons (Fsp3) is 0.562. The lowest BCUT2D eigenvalue weighted by molar-refractivity contribution is -0.131. The Hall–Kier alpha value is -1.64. The lowest BCUT2D eigenvalue weighted by Gasteiger charge is -2.36. The number of carbonyl (C=O) groups is 1. The molecule has 0 atom stereocenters. The van der Waals surface area contributed by atoms with E-state index in [-0.39, 0.29) is 25.6 Å². The van der Waals surface area contributed by atoms with Gasteiger partial charge in [-0.05, 0) is 12.1 Å². The fourth-order valence-corrected chi connectivity index (χ4v) is 3.41. The molecule has 1 amide bonds. The summed E-state index contributed by atoms with van der Waals surface area (Å²) in [5, 5.41) is 0. The molecular weight excluding hydrogens is 330 g/mol. The Morgan fingerprint density at radius 1 is 1.17 bits per heavy atom. The van der Waals surface area contributed by atoms with Crippen LogP contribution in [-0.4, -0.2) is 82.8 Å². The molecule has 0 unspecified atom stereocenters. The molecule has 1 aromatic rings. The van der Waals surface area contributed by atoms with E-state index in [0.717, 1.165) is 25.0 Å². The van der Waals surface area contributed by atoms with Crippen LogP contribution in [-0.2, 0) is 19.6 Å². The van der Waals surface area contributed by atoms with E-state index in [1.165, 1.54) is 11.4 Å². The van der Waals surface area contributed by atoms with E-state index >= 15 is 0 Å². The summed E-state index contributed by atoms with van der Waals surface area (Å²) >= 11 is 0. The smallest absolute Gasteiger partial charge is 0.238 e. The normalized spacial score (nSPS) is 15.8. The lowest BCUT2D eigenvalue weighted by Crippen LogP contribution is -2.52. The molecule has 0 spiro atoms. The van der Waals surface area contributed by atoms with E-state index in [4.69, 9.17) is 4.74 Å². The molecule has 1 aromatic carbocycles. The Morgan fingerprint density at radius 2 is 1.79 bits per heavy atom. The van der Waals surface area contributed by atoms with Crippen LogP contribution in [0.4, 0.5) is 5.69 Å². The van der Waals surface area contributed by atoms with Crippen LogP contribution in [0.3, 0.4) is 0 Å². The first kappa shape index (κ1) is 18.7. The molecule has 1 heterocycles. The van der Waals surface area contributed by atoms with Crippen molar-refractivity contribution in [3.63, 3.8) is 0 Å². The molecule has 134 valence electrons. The molecular formula is C16H25N3O4S. The van der Waals surface area contributed by atoms with Gasteiger partial charge in [0.25, 0.3) is 0 Å². The van der Waals surface area contributed by atoms with E-state index < -0.39 is 10.0 Å². The van der Waals surface area contributed by atoms with Crippen molar-refractivity contribution in [3.8, 4) is 0 Å². The predicted molar refractivity (Wildman–Crippen MR) is 93.5 cm³/mol. The van der Waals surface area contributed by atoms with Crippen molar-refractivity contribution < 1.29 is 17.9 Å². The number of anilines is 1. The number of sulfonamides is 1. The number of hydrogen-bond acceptors (Lipinski definition) is 5. The van der Waals surface area contributed by atoms with Crippen molar-refractivity contribution in [3.05, 3.63) is 30.3 Å². The third-order valence-corrected chi connectivity index (χ3v) is 5.33. The third kappa shape index (κ3) is 5.19. The summed E-state index contributed by atoms with van der Waals surface area (Å²) in [6.45, 7) is 2.99. The number of hydrogen-bond donors (Lipinski definition) is 0. The zero-order chi connectivity index (χ0) is 17.6. The average Bonchev–Trinajstić information content (AvgIpc) is 2.58. The molecule has 8 heteroatoms. The Bertz CT molecular complexity index is 628. The second-order valence-electron chi connectivity index (χ2n) is 5.79. The highest BCUT2D eigenvalue weighted by molar-refractivity contribution is 7.88. The van der Waals surface area contributed by atoms with Crippen LogP contribution in [0.5, 0.6) is 0 Å². The monoisotopic (exact) mass is 355 g/mol. The molecule has 0 saturated carbocycles. The Balaban J connectivity index is 1.89.